The van der Waals surface area contributed by atoms with E-state index in [2.05, 4.69) is 55.0 Å². The topological polar surface area (TPSA) is 32.5 Å². The Morgan fingerprint density at radius 3 is 2.72 bits per heavy atom. The second kappa shape index (κ2) is 5.72. The van der Waals surface area contributed by atoms with E-state index in [0.29, 0.717) is 6.04 Å². The highest BCUT2D eigenvalue weighted by Gasteiger charge is 2.23. The molecule has 1 heterocycles. The lowest BCUT2D eigenvalue weighted by Gasteiger charge is -2.40. The minimum Gasteiger partial charge on any atom is -0.368 e. The SMILES string of the molecule is CC[C@@H](N)c1ccccc1N1CCN(C)C(C)C1. The normalized spacial score (nSPS) is 23.1. The van der Waals surface area contributed by atoms with Gasteiger partial charge in [0.25, 0.3) is 0 Å². The number of anilines is 1. The van der Waals surface area contributed by atoms with E-state index in [0.717, 1.165) is 26.1 Å². The molecule has 2 atom stereocenters. The minimum absolute atomic E-state index is 0.149. The molecule has 18 heavy (non-hydrogen) atoms. The van der Waals surface area contributed by atoms with Gasteiger partial charge < -0.3 is 15.5 Å². The van der Waals surface area contributed by atoms with Gasteiger partial charge in [0.05, 0.1) is 0 Å². The number of para-hydroxylation sites is 1. The number of nitrogens with two attached hydrogens (primary N) is 1. The maximum Gasteiger partial charge on any atom is 0.0415 e. The van der Waals surface area contributed by atoms with Crippen LogP contribution in [0.4, 0.5) is 5.69 Å². The van der Waals surface area contributed by atoms with Gasteiger partial charge in [0.15, 0.2) is 0 Å². The maximum absolute atomic E-state index is 6.23. The zero-order valence-electron chi connectivity index (χ0n) is 11.8. The van der Waals surface area contributed by atoms with E-state index in [1.807, 2.05) is 0 Å². The fourth-order valence-corrected chi connectivity index (χ4v) is 2.58. The lowest BCUT2D eigenvalue weighted by atomic mass is 10.0. The second-order valence-electron chi connectivity index (χ2n) is 5.35. The van der Waals surface area contributed by atoms with Crippen LogP contribution in [0.2, 0.25) is 0 Å². The highest BCUT2D eigenvalue weighted by Crippen LogP contribution is 2.28. The number of nitrogens with zero attached hydrogens (tertiary/aromatic N) is 2. The Balaban J connectivity index is 2.22. The molecule has 0 aromatic heterocycles. The molecule has 2 rings (SSSR count). The van der Waals surface area contributed by atoms with E-state index >= 15 is 0 Å². The largest absolute Gasteiger partial charge is 0.368 e. The Bertz CT molecular complexity index is 391. The summed E-state index contributed by atoms with van der Waals surface area (Å²) in [7, 11) is 2.20. The molecule has 2 N–H and O–H groups in total. The van der Waals surface area contributed by atoms with Crippen LogP contribution < -0.4 is 10.6 Å². The molecule has 1 aliphatic rings. The van der Waals surface area contributed by atoms with Gasteiger partial charge in [-0.3, -0.25) is 0 Å². The van der Waals surface area contributed by atoms with E-state index in [4.69, 9.17) is 5.73 Å². The molecule has 3 nitrogen and oxygen atoms in total. The standard InChI is InChI=1S/C15H25N3/c1-4-14(16)13-7-5-6-8-15(13)18-10-9-17(3)12(2)11-18/h5-8,12,14H,4,9-11,16H2,1-3H3/t12?,14-/m1/s1. The summed E-state index contributed by atoms with van der Waals surface area (Å²) in [5, 5.41) is 0. The predicted molar refractivity (Wildman–Crippen MR) is 78.0 cm³/mol. The molecule has 0 aliphatic carbocycles. The summed E-state index contributed by atoms with van der Waals surface area (Å²) in [6.45, 7) is 7.73. The fraction of sp³-hybridized carbons (Fsp3) is 0.600. The zero-order chi connectivity index (χ0) is 13.1. The van der Waals surface area contributed by atoms with Crippen LogP contribution in [-0.2, 0) is 0 Å². The van der Waals surface area contributed by atoms with E-state index in [1.54, 1.807) is 0 Å². The zero-order valence-corrected chi connectivity index (χ0v) is 11.8. The Labute approximate surface area is 111 Å². The van der Waals surface area contributed by atoms with Crippen LogP contribution in [0.5, 0.6) is 0 Å². The van der Waals surface area contributed by atoms with Crippen molar-refractivity contribution in [3.8, 4) is 0 Å². The molecular formula is C15H25N3. The smallest absolute Gasteiger partial charge is 0.0415 e. The summed E-state index contributed by atoms with van der Waals surface area (Å²) in [5.74, 6) is 0. The maximum atomic E-state index is 6.23. The van der Waals surface area contributed by atoms with Crippen LogP contribution in [0.1, 0.15) is 31.9 Å². The Morgan fingerprint density at radius 1 is 1.33 bits per heavy atom. The van der Waals surface area contributed by atoms with Crippen molar-refractivity contribution in [2.24, 2.45) is 5.73 Å². The molecule has 0 amide bonds. The predicted octanol–water partition coefficient (Wildman–Crippen LogP) is 2.24. The molecule has 1 aromatic carbocycles. The van der Waals surface area contributed by atoms with Crippen LogP contribution in [0.25, 0.3) is 0 Å². The molecule has 0 radical (unpaired) electrons. The van der Waals surface area contributed by atoms with Gasteiger partial charge in [0, 0.05) is 37.4 Å². The van der Waals surface area contributed by atoms with Crippen molar-refractivity contribution in [3.63, 3.8) is 0 Å². The molecule has 3 heteroatoms. The van der Waals surface area contributed by atoms with Gasteiger partial charge in [-0.2, -0.15) is 0 Å². The summed E-state index contributed by atoms with van der Waals surface area (Å²) < 4.78 is 0. The lowest BCUT2D eigenvalue weighted by Crippen LogP contribution is -2.50. The van der Waals surface area contributed by atoms with Crippen molar-refractivity contribution in [2.45, 2.75) is 32.4 Å². The van der Waals surface area contributed by atoms with Crippen LogP contribution in [0.3, 0.4) is 0 Å². The van der Waals surface area contributed by atoms with Gasteiger partial charge in [0.1, 0.15) is 0 Å². The van der Waals surface area contributed by atoms with E-state index < -0.39 is 0 Å². The molecule has 1 unspecified atom stereocenters. The van der Waals surface area contributed by atoms with Gasteiger partial charge in [-0.05, 0) is 32.0 Å². The van der Waals surface area contributed by atoms with Crippen LogP contribution >= 0.6 is 0 Å². The number of benzene rings is 1. The number of hydrogen-bond donors (Lipinski definition) is 1. The molecule has 0 saturated carbocycles. The van der Waals surface area contributed by atoms with Gasteiger partial charge in [-0.15, -0.1) is 0 Å². The summed E-state index contributed by atoms with van der Waals surface area (Å²) in [6.07, 6.45) is 0.986. The Morgan fingerprint density at radius 2 is 2.06 bits per heavy atom. The Hall–Kier alpha value is -1.06. The van der Waals surface area contributed by atoms with Crippen molar-refractivity contribution in [2.75, 3.05) is 31.6 Å². The monoisotopic (exact) mass is 247 g/mol. The van der Waals surface area contributed by atoms with Gasteiger partial charge in [0.2, 0.25) is 0 Å². The second-order valence-corrected chi connectivity index (χ2v) is 5.35. The van der Waals surface area contributed by atoms with Crippen LogP contribution in [0.15, 0.2) is 24.3 Å². The summed E-state index contributed by atoms with van der Waals surface area (Å²) in [6, 6.07) is 9.34. The van der Waals surface area contributed by atoms with E-state index in [-0.39, 0.29) is 6.04 Å². The molecule has 1 aliphatic heterocycles. The fourth-order valence-electron chi connectivity index (χ4n) is 2.58. The highest BCUT2D eigenvalue weighted by molar-refractivity contribution is 5.55. The third kappa shape index (κ3) is 2.68. The molecule has 0 bridgehead atoms. The van der Waals surface area contributed by atoms with Gasteiger partial charge in [-0.1, -0.05) is 25.1 Å². The molecule has 0 spiro atoms. The van der Waals surface area contributed by atoms with Crippen LogP contribution in [-0.4, -0.2) is 37.6 Å². The lowest BCUT2D eigenvalue weighted by molar-refractivity contribution is 0.234. The molecule has 1 saturated heterocycles. The first-order chi connectivity index (χ1) is 8.63. The van der Waals surface area contributed by atoms with E-state index in [9.17, 15) is 0 Å². The average Bonchev–Trinajstić information content (AvgIpc) is 2.41. The molecule has 100 valence electrons. The average molecular weight is 247 g/mol. The van der Waals surface area contributed by atoms with Crippen molar-refractivity contribution >= 4 is 5.69 Å². The molecule has 1 fully saturated rings. The quantitative estimate of drug-likeness (QED) is 0.889. The number of hydrogen-bond acceptors (Lipinski definition) is 3. The molecular weight excluding hydrogens is 222 g/mol. The van der Waals surface area contributed by atoms with Crippen LogP contribution in [0, 0.1) is 0 Å². The summed E-state index contributed by atoms with van der Waals surface area (Å²) >= 11 is 0. The number of rotatable bonds is 3. The van der Waals surface area contributed by atoms with Crippen molar-refractivity contribution in [1.29, 1.82) is 0 Å². The van der Waals surface area contributed by atoms with Gasteiger partial charge in [-0.25, -0.2) is 0 Å². The number of likely N-dealkylation sites (N-methyl/N-ethyl adjacent to an activating group) is 1. The third-order valence-corrected chi connectivity index (χ3v) is 4.08. The Kier molecular flexibility index (Phi) is 4.25. The van der Waals surface area contributed by atoms with Crippen molar-refractivity contribution < 1.29 is 0 Å². The first kappa shape index (κ1) is 13.4. The summed E-state index contributed by atoms with van der Waals surface area (Å²) in [5.41, 5.74) is 8.84. The van der Waals surface area contributed by atoms with Crippen molar-refractivity contribution in [1.82, 2.24) is 4.90 Å². The first-order valence-electron chi connectivity index (χ1n) is 6.93. The summed E-state index contributed by atoms with van der Waals surface area (Å²) in [4.78, 5) is 4.90. The minimum atomic E-state index is 0.149. The van der Waals surface area contributed by atoms with Crippen molar-refractivity contribution in [3.05, 3.63) is 29.8 Å². The third-order valence-electron chi connectivity index (χ3n) is 4.08. The molecule has 1 aromatic rings. The van der Waals surface area contributed by atoms with Gasteiger partial charge >= 0.3 is 0 Å². The highest BCUT2D eigenvalue weighted by atomic mass is 15.3. The van der Waals surface area contributed by atoms with E-state index in [1.165, 1.54) is 11.3 Å². The number of piperazine rings is 1. The first-order valence-corrected chi connectivity index (χ1v) is 6.93.